The van der Waals surface area contributed by atoms with Gasteiger partial charge >= 0.3 is 0 Å². The summed E-state index contributed by atoms with van der Waals surface area (Å²) in [6, 6.07) is 10.0. The van der Waals surface area contributed by atoms with Crippen LogP contribution in [0, 0.1) is 0 Å². The lowest BCUT2D eigenvalue weighted by Gasteiger charge is -2.23. The third kappa shape index (κ3) is 4.27. The Hall–Kier alpha value is -1.98. The molecule has 0 amide bonds. The molecule has 5 nitrogen and oxygen atoms in total. The second-order valence-electron chi connectivity index (χ2n) is 6.07. The molecule has 2 aromatic heterocycles. The topological polar surface area (TPSA) is 52.5 Å². The van der Waals surface area contributed by atoms with Crippen molar-refractivity contribution in [1.29, 1.82) is 0 Å². The van der Waals surface area contributed by atoms with E-state index in [9.17, 15) is 5.11 Å². The van der Waals surface area contributed by atoms with Crippen LogP contribution in [0.3, 0.4) is 0 Å². The molecule has 0 aromatic carbocycles. The van der Waals surface area contributed by atoms with E-state index in [1.807, 2.05) is 36.7 Å². The first-order chi connectivity index (χ1) is 11.2. The van der Waals surface area contributed by atoms with Gasteiger partial charge in [0.25, 0.3) is 0 Å². The average Bonchev–Trinajstić information content (AvgIpc) is 2.81. The number of anilines is 1. The van der Waals surface area contributed by atoms with Gasteiger partial charge in [-0.25, -0.2) is 4.98 Å². The Morgan fingerprint density at radius 2 is 2.04 bits per heavy atom. The van der Waals surface area contributed by atoms with E-state index < -0.39 is 6.10 Å². The normalized spacial score (nSPS) is 17.7. The number of aromatic nitrogens is 2. The Kier molecular flexibility index (Phi) is 5.20. The molecule has 0 radical (unpaired) electrons. The molecular formula is C18H24N4O. The van der Waals surface area contributed by atoms with E-state index in [2.05, 4.69) is 25.8 Å². The van der Waals surface area contributed by atoms with Crippen molar-refractivity contribution >= 4 is 5.82 Å². The Bertz CT molecular complexity index is 617. The van der Waals surface area contributed by atoms with E-state index in [0.717, 1.165) is 50.7 Å². The first-order valence-corrected chi connectivity index (χ1v) is 8.23. The predicted molar refractivity (Wildman–Crippen MR) is 91.2 cm³/mol. The Morgan fingerprint density at radius 3 is 2.83 bits per heavy atom. The number of nitrogens with zero attached hydrogens (tertiary/aromatic N) is 4. The summed E-state index contributed by atoms with van der Waals surface area (Å²) in [5.74, 6) is 0.964. The SMILES string of the molecule is C[C@H](O)c1cccc(N2CCCN(Cc3cccnc3)CC2)n1. The molecule has 23 heavy (non-hydrogen) atoms. The molecule has 1 aliphatic heterocycles. The van der Waals surface area contributed by atoms with E-state index in [1.165, 1.54) is 5.56 Å². The number of aliphatic hydroxyl groups is 1. The summed E-state index contributed by atoms with van der Waals surface area (Å²) in [5.41, 5.74) is 1.99. The van der Waals surface area contributed by atoms with Crippen LogP contribution in [0.5, 0.6) is 0 Å². The fraction of sp³-hybridized carbons (Fsp3) is 0.444. The molecular weight excluding hydrogens is 288 g/mol. The van der Waals surface area contributed by atoms with Crippen LogP contribution in [0.25, 0.3) is 0 Å². The highest BCUT2D eigenvalue weighted by Gasteiger charge is 2.17. The molecule has 0 unspecified atom stereocenters. The van der Waals surface area contributed by atoms with Crippen molar-refractivity contribution in [2.45, 2.75) is 26.0 Å². The molecule has 3 heterocycles. The Labute approximate surface area is 137 Å². The maximum absolute atomic E-state index is 9.71. The highest BCUT2D eigenvalue weighted by atomic mass is 16.3. The number of pyridine rings is 2. The molecule has 1 atom stereocenters. The standard InChI is InChI=1S/C18H24N4O/c1-15(23)17-6-2-7-18(20-17)22-10-4-9-21(11-12-22)14-16-5-3-8-19-13-16/h2-3,5-8,13,15,23H,4,9-12,14H2,1H3/t15-/m0/s1. The van der Waals surface area contributed by atoms with Gasteiger partial charge in [0.05, 0.1) is 11.8 Å². The van der Waals surface area contributed by atoms with Gasteiger partial charge in [0.2, 0.25) is 0 Å². The van der Waals surface area contributed by atoms with Crippen LogP contribution in [-0.4, -0.2) is 46.2 Å². The zero-order valence-electron chi connectivity index (χ0n) is 13.6. The third-order valence-corrected chi connectivity index (χ3v) is 4.23. The number of hydrogen-bond acceptors (Lipinski definition) is 5. The average molecular weight is 312 g/mol. The first-order valence-electron chi connectivity index (χ1n) is 8.23. The van der Waals surface area contributed by atoms with Crippen molar-refractivity contribution in [3.8, 4) is 0 Å². The number of aliphatic hydroxyl groups excluding tert-OH is 1. The van der Waals surface area contributed by atoms with Crippen LogP contribution in [0.1, 0.15) is 30.7 Å². The van der Waals surface area contributed by atoms with Crippen LogP contribution in [-0.2, 0) is 6.54 Å². The molecule has 5 heteroatoms. The summed E-state index contributed by atoms with van der Waals surface area (Å²) in [6.45, 7) is 6.75. The molecule has 0 bridgehead atoms. The van der Waals surface area contributed by atoms with Crippen molar-refractivity contribution in [2.24, 2.45) is 0 Å². The van der Waals surface area contributed by atoms with Gasteiger partial charge in [-0.3, -0.25) is 9.88 Å². The first kappa shape index (κ1) is 15.9. The predicted octanol–water partition coefficient (Wildman–Crippen LogP) is 2.24. The summed E-state index contributed by atoms with van der Waals surface area (Å²) >= 11 is 0. The van der Waals surface area contributed by atoms with Gasteiger partial charge in [-0.1, -0.05) is 12.1 Å². The Balaban J connectivity index is 1.63. The van der Waals surface area contributed by atoms with Gasteiger partial charge in [0.1, 0.15) is 5.82 Å². The smallest absolute Gasteiger partial charge is 0.128 e. The third-order valence-electron chi connectivity index (χ3n) is 4.23. The van der Waals surface area contributed by atoms with Gasteiger partial charge in [-0.2, -0.15) is 0 Å². The molecule has 1 saturated heterocycles. The van der Waals surface area contributed by atoms with Crippen molar-refractivity contribution in [3.63, 3.8) is 0 Å². The molecule has 3 rings (SSSR count). The van der Waals surface area contributed by atoms with Crippen LogP contribution >= 0.6 is 0 Å². The summed E-state index contributed by atoms with van der Waals surface area (Å²) in [4.78, 5) is 13.6. The van der Waals surface area contributed by atoms with Crippen LogP contribution in [0.15, 0.2) is 42.7 Å². The van der Waals surface area contributed by atoms with Gasteiger partial charge in [-0.05, 0) is 37.1 Å². The lowest BCUT2D eigenvalue weighted by Crippen LogP contribution is -2.31. The number of rotatable bonds is 4. The second-order valence-corrected chi connectivity index (χ2v) is 6.07. The molecule has 122 valence electrons. The summed E-state index contributed by atoms with van der Waals surface area (Å²) < 4.78 is 0. The van der Waals surface area contributed by atoms with E-state index in [0.29, 0.717) is 0 Å². The molecule has 1 fully saturated rings. The minimum Gasteiger partial charge on any atom is -0.387 e. The summed E-state index contributed by atoms with van der Waals surface area (Å²) in [7, 11) is 0. The maximum atomic E-state index is 9.71. The van der Waals surface area contributed by atoms with Gasteiger partial charge in [-0.15, -0.1) is 0 Å². The Morgan fingerprint density at radius 1 is 1.13 bits per heavy atom. The maximum Gasteiger partial charge on any atom is 0.128 e. The largest absolute Gasteiger partial charge is 0.387 e. The van der Waals surface area contributed by atoms with Crippen LogP contribution < -0.4 is 4.90 Å². The van der Waals surface area contributed by atoms with Crippen molar-refractivity contribution in [2.75, 3.05) is 31.1 Å². The van der Waals surface area contributed by atoms with Gasteiger partial charge < -0.3 is 10.0 Å². The lowest BCUT2D eigenvalue weighted by atomic mass is 10.2. The van der Waals surface area contributed by atoms with Crippen LogP contribution in [0.4, 0.5) is 5.82 Å². The van der Waals surface area contributed by atoms with Crippen molar-refractivity contribution in [3.05, 3.63) is 54.0 Å². The van der Waals surface area contributed by atoms with Crippen LogP contribution in [0.2, 0.25) is 0 Å². The highest BCUT2D eigenvalue weighted by Crippen LogP contribution is 2.18. The fourth-order valence-electron chi connectivity index (χ4n) is 2.96. The van der Waals surface area contributed by atoms with E-state index >= 15 is 0 Å². The lowest BCUT2D eigenvalue weighted by molar-refractivity contribution is 0.194. The zero-order chi connectivity index (χ0) is 16.1. The highest BCUT2D eigenvalue weighted by molar-refractivity contribution is 5.39. The molecule has 1 aliphatic rings. The monoisotopic (exact) mass is 312 g/mol. The van der Waals surface area contributed by atoms with Crippen molar-refractivity contribution in [1.82, 2.24) is 14.9 Å². The quantitative estimate of drug-likeness (QED) is 0.938. The van der Waals surface area contributed by atoms with Crippen molar-refractivity contribution < 1.29 is 5.11 Å². The van der Waals surface area contributed by atoms with E-state index in [-0.39, 0.29) is 0 Å². The summed E-state index contributed by atoms with van der Waals surface area (Å²) in [5, 5.41) is 9.71. The molecule has 1 N–H and O–H groups in total. The zero-order valence-corrected chi connectivity index (χ0v) is 13.6. The van der Waals surface area contributed by atoms with Gasteiger partial charge in [0.15, 0.2) is 0 Å². The fourth-order valence-corrected chi connectivity index (χ4v) is 2.96. The second kappa shape index (κ2) is 7.53. The minimum absolute atomic E-state index is 0.524. The minimum atomic E-state index is -0.524. The molecule has 0 spiro atoms. The van der Waals surface area contributed by atoms with E-state index in [1.54, 1.807) is 6.92 Å². The molecule has 2 aromatic rings. The molecule has 0 aliphatic carbocycles. The van der Waals surface area contributed by atoms with Gasteiger partial charge in [0, 0.05) is 45.1 Å². The van der Waals surface area contributed by atoms with E-state index in [4.69, 9.17) is 0 Å². The molecule has 0 saturated carbocycles. The summed E-state index contributed by atoms with van der Waals surface area (Å²) in [6.07, 6.45) is 4.34. The number of hydrogen-bond donors (Lipinski definition) is 1.